The van der Waals surface area contributed by atoms with Gasteiger partial charge in [-0.15, -0.1) is 0 Å². The molecule has 1 aromatic rings. The summed E-state index contributed by atoms with van der Waals surface area (Å²) in [6.07, 6.45) is 7.96. The Balaban J connectivity index is 1.50. The summed E-state index contributed by atoms with van der Waals surface area (Å²) in [5, 5.41) is 2.56. The number of hydrogen-bond acceptors (Lipinski definition) is 6. The van der Waals surface area contributed by atoms with Crippen LogP contribution < -0.4 is 10.2 Å². The van der Waals surface area contributed by atoms with Gasteiger partial charge in [-0.3, -0.25) is 9.78 Å². The Kier molecular flexibility index (Phi) is 4.54. The van der Waals surface area contributed by atoms with Crippen LogP contribution in [0.2, 0.25) is 0 Å². The Bertz CT molecular complexity index is 503. The van der Waals surface area contributed by atoms with Crippen LogP contribution in [0.25, 0.3) is 0 Å². The molecule has 120 valence electrons. The highest BCUT2D eigenvalue weighted by Gasteiger charge is 2.43. The number of carbonyl (C=O) groups is 1. The van der Waals surface area contributed by atoms with Crippen LogP contribution >= 0.6 is 0 Å². The van der Waals surface area contributed by atoms with Crippen LogP contribution in [0.1, 0.15) is 19.3 Å². The molecule has 3 rings (SSSR count). The van der Waals surface area contributed by atoms with Crippen LogP contribution in [0.5, 0.6) is 0 Å². The first-order valence-corrected chi connectivity index (χ1v) is 7.68. The molecule has 0 bridgehead atoms. The minimum absolute atomic E-state index is 0.0142. The number of carbonyl (C=O) groups excluding carboxylic acids is 1. The first kappa shape index (κ1) is 15.2. The van der Waals surface area contributed by atoms with Crippen molar-refractivity contribution >= 4 is 11.7 Å². The molecule has 2 aliphatic rings. The zero-order valence-corrected chi connectivity index (χ0v) is 12.8. The van der Waals surface area contributed by atoms with E-state index in [0.29, 0.717) is 6.61 Å². The van der Waals surface area contributed by atoms with Gasteiger partial charge in [-0.1, -0.05) is 0 Å². The number of hydrogen-bond donors (Lipinski definition) is 1. The molecule has 1 spiro atoms. The normalized spacial score (nSPS) is 23.7. The van der Waals surface area contributed by atoms with Gasteiger partial charge in [0.2, 0.25) is 5.91 Å². The molecule has 0 aromatic carbocycles. The number of nitrogens with one attached hydrogen (secondary N) is 1. The first-order valence-electron chi connectivity index (χ1n) is 7.68. The summed E-state index contributed by atoms with van der Waals surface area (Å²) in [7, 11) is 1.61. The third kappa shape index (κ3) is 3.36. The number of aromatic nitrogens is 2. The van der Waals surface area contributed by atoms with E-state index in [9.17, 15) is 4.79 Å². The van der Waals surface area contributed by atoms with Crippen molar-refractivity contribution in [3.8, 4) is 0 Å². The van der Waals surface area contributed by atoms with Gasteiger partial charge in [-0.25, -0.2) is 4.98 Å². The maximum absolute atomic E-state index is 11.2. The third-order valence-electron chi connectivity index (χ3n) is 4.45. The van der Waals surface area contributed by atoms with Crippen molar-refractivity contribution in [3.05, 3.63) is 18.6 Å². The van der Waals surface area contributed by atoms with Gasteiger partial charge in [0.05, 0.1) is 24.5 Å². The molecular weight excluding hydrogens is 284 g/mol. The van der Waals surface area contributed by atoms with Crippen molar-refractivity contribution < 1.29 is 14.3 Å². The fourth-order valence-corrected chi connectivity index (χ4v) is 3.12. The lowest BCUT2D eigenvalue weighted by Gasteiger charge is -2.39. The lowest BCUT2D eigenvalue weighted by Crippen LogP contribution is -2.44. The highest BCUT2D eigenvalue weighted by atomic mass is 16.6. The van der Waals surface area contributed by atoms with Gasteiger partial charge >= 0.3 is 0 Å². The van der Waals surface area contributed by atoms with E-state index in [1.807, 2.05) is 0 Å². The largest absolute Gasteiger partial charge is 0.372 e. The Labute approximate surface area is 130 Å². The molecule has 0 unspecified atom stereocenters. The summed E-state index contributed by atoms with van der Waals surface area (Å²) in [5.74, 6) is 0.821. The van der Waals surface area contributed by atoms with Crippen LogP contribution in [0.3, 0.4) is 0 Å². The van der Waals surface area contributed by atoms with Crippen molar-refractivity contribution in [2.24, 2.45) is 0 Å². The molecule has 22 heavy (non-hydrogen) atoms. The van der Waals surface area contributed by atoms with E-state index in [-0.39, 0.29) is 24.2 Å². The molecule has 2 fully saturated rings. The molecule has 7 heteroatoms. The molecule has 1 aromatic heterocycles. The fraction of sp³-hybridized carbons (Fsp3) is 0.667. The molecule has 3 heterocycles. The minimum atomic E-state index is -0.105. The van der Waals surface area contributed by atoms with E-state index >= 15 is 0 Å². The van der Waals surface area contributed by atoms with Gasteiger partial charge in [0.15, 0.2) is 0 Å². The minimum Gasteiger partial charge on any atom is -0.372 e. The highest BCUT2D eigenvalue weighted by Crippen LogP contribution is 2.37. The predicted molar refractivity (Wildman–Crippen MR) is 80.6 cm³/mol. The van der Waals surface area contributed by atoms with E-state index < -0.39 is 0 Å². The molecule has 1 amide bonds. The zero-order chi connectivity index (χ0) is 15.4. The molecule has 1 N–H and O–H groups in total. The Morgan fingerprint density at radius 2 is 2.32 bits per heavy atom. The van der Waals surface area contributed by atoms with Crippen LogP contribution in [0, 0.1) is 0 Å². The van der Waals surface area contributed by atoms with Crippen molar-refractivity contribution in [1.82, 2.24) is 15.3 Å². The third-order valence-corrected chi connectivity index (χ3v) is 4.45. The number of nitrogens with zero attached hydrogens (tertiary/aromatic N) is 3. The van der Waals surface area contributed by atoms with Gasteiger partial charge in [-0.05, 0) is 12.8 Å². The average Bonchev–Trinajstić information content (AvgIpc) is 2.97. The number of rotatable bonds is 4. The second kappa shape index (κ2) is 6.58. The van der Waals surface area contributed by atoms with Gasteiger partial charge in [0.25, 0.3) is 0 Å². The van der Waals surface area contributed by atoms with E-state index in [0.717, 1.165) is 38.2 Å². The summed E-state index contributed by atoms with van der Waals surface area (Å²) in [6.45, 7) is 2.48. The summed E-state index contributed by atoms with van der Waals surface area (Å²) >= 11 is 0. The second-order valence-electron chi connectivity index (χ2n) is 5.85. The number of amides is 1. The number of ether oxygens (including phenoxy) is 2. The maximum atomic E-state index is 11.2. The Morgan fingerprint density at radius 3 is 3.00 bits per heavy atom. The number of anilines is 1. The van der Waals surface area contributed by atoms with Gasteiger partial charge in [0, 0.05) is 39.0 Å². The summed E-state index contributed by atoms with van der Waals surface area (Å²) in [5.41, 5.74) is -0.105. The summed E-state index contributed by atoms with van der Waals surface area (Å²) in [6, 6.07) is 0. The summed E-state index contributed by atoms with van der Waals surface area (Å²) in [4.78, 5) is 21.9. The van der Waals surface area contributed by atoms with Crippen molar-refractivity contribution in [3.63, 3.8) is 0 Å². The van der Waals surface area contributed by atoms with Gasteiger partial charge in [0.1, 0.15) is 12.4 Å². The fourth-order valence-electron chi connectivity index (χ4n) is 3.12. The second-order valence-corrected chi connectivity index (χ2v) is 5.85. The standard InChI is InChI=1S/C15H22N4O3/c1-16-14(20)11-21-12-8-15(22-10-12)2-6-19(7-3-15)13-9-17-4-5-18-13/h4-5,9,12H,2-3,6-8,10-11H2,1H3,(H,16,20)/t12-/m1/s1. The molecular formula is C15H22N4O3. The number of piperidine rings is 1. The van der Waals surface area contributed by atoms with Gasteiger partial charge in [-0.2, -0.15) is 0 Å². The Hall–Kier alpha value is -1.73. The lowest BCUT2D eigenvalue weighted by atomic mass is 9.88. The first-order chi connectivity index (χ1) is 10.7. The Morgan fingerprint density at radius 1 is 1.50 bits per heavy atom. The average molecular weight is 306 g/mol. The lowest BCUT2D eigenvalue weighted by molar-refractivity contribution is -0.127. The van der Waals surface area contributed by atoms with Crippen molar-refractivity contribution in [1.29, 1.82) is 0 Å². The molecule has 7 nitrogen and oxygen atoms in total. The van der Waals surface area contributed by atoms with Crippen LogP contribution in [-0.2, 0) is 14.3 Å². The van der Waals surface area contributed by atoms with Crippen LogP contribution in [0.4, 0.5) is 5.82 Å². The smallest absolute Gasteiger partial charge is 0.245 e. The molecule has 2 saturated heterocycles. The molecule has 0 radical (unpaired) electrons. The predicted octanol–water partition coefficient (Wildman–Crippen LogP) is 0.367. The molecule has 0 aliphatic carbocycles. The molecule has 2 aliphatic heterocycles. The van der Waals surface area contributed by atoms with E-state index in [2.05, 4.69) is 20.2 Å². The van der Waals surface area contributed by atoms with Crippen molar-refractivity contribution in [2.75, 3.05) is 38.3 Å². The van der Waals surface area contributed by atoms with Crippen molar-refractivity contribution in [2.45, 2.75) is 31.0 Å². The SMILES string of the molecule is CNC(=O)CO[C@H]1COC2(CCN(c3cnccn3)CC2)C1. The van der Waals surface area contributed by atoms with E-state index in [4.69, 9.17) is 9.47 Å². The molecule has 1 atom stereocenters. The van der Waals surface area contributed by atoms with Crippen LogP contribution in [0.15, 0.2) is 18.6 Å². The van der Waals surface area contributed by atoms with E-state index in [1.54, 1.807) is 25.6 Å². The topological polar surface area (TPSA) is 76.6 Å². The quantitative estimate of drug-likeness (QED) is 0.866. The summed E-state index contributed by atoms with van der Waals surface area (Å²) < 4.78 is 11.6. The highest BCUT2D eigenvalue weighted by molar-refractivity contribution is 5.76. The monoisotopic (exact) mass is 306 g/mol. The van der Waals surface area contributed by atoms with Gasteiger partial charge < -0.3 is 19.7 Å². The number of likely N-dealkylation sites (N-methyl/N-ethyl adjacent to an activating group) is 1. The van der Waals surface area contributed by atoms with E-state index in [1.165, 1.54) is 0 Å². The zero-order valence-electron chi connectivity index (χ0n) is 12.8. The maximum Gasteiger partial charge on any atom is 0.245 e. The molecule has 0 saturated carbocycles. The van der Waals surface area contributed by atoms with Crippen LogP contribution in [-0.4, -0.2) is 60.9 Å².